The van der Waals surface area contributed by atoms with Crippen molar-refractivity contribution in [3.05, 3.63) is 83.2 Å². The lowest BCUT2D eigenvalue weighted by molar-refractivity contribution is 0.0820. The fourth-order valence-electron chi connectivity index (χ4n) is 4.76. The predicted molar refractivity (Wildman–Crippen MR) is 139 cm³/mol. The molecule has 5 rings (SSSR count). The number of Topliss-reactive ketones (excluding diaryl/α,β-unsaturated/α-hetero) is 1. The molecule has 3 heterocycles. The third-order valence-corrected chi connectivity index (χ3v) is 7.20. The van der Waals surface area contributed by atoms with Crippen LogP contribution in [0, 0.1) is 11.7 Å². The predicted octanol–water partition coefficient (Wildman–Crippen LogP) is 5.08. The Balaban J connectivity index is 1.24. The molecule has 0 saturated heterocycles. The van der Waals surface area contributed by atoms with Crippen LogP contribution in [-0.4, -0.2) is 44.1 Å². The van der Waals surface area contributed by atoms with Gasteiger partial charge in [-0.05, 0) is 60.7 Å². The summed E-state index contributed by atoms with van der Waals surface area (Å²) < 4.78 is 30.2. The first-order valence-corrected chi connectivity index (χ1v) is 12.6. The maximum atomic E-state index is 15.3. The van der Waals surface area contributed by atoms with Gasteiger partial charge < -0.3 is 5.32 Å². The van der Waals surface area contributed by atoms with Crippen molar-refractivity contribution in [3.63, 3.8) is 0 Å². The summed E-state index contributed by atoms with van der Waals surface area (Å²) in [7, 11) is 0. The first-order chi connectivity index (χ1) is 18.2. The number of nitrogens with one attached hydrogen (secondary N) is 1. The van der Waals surface area contributed by atoms with E-state index in [4.69, 9.17) is 0 Å². The second-order valence-corrected chi connectivity index (χ2v) is 9.98. The summed E-state index contributed by atoms with van der Waals surface area (Å²) in [6, 6.07) is 9.61. The molecule has 0 fully saturated rings. The molecular weight excluding hydrogens is 488 g/mol. The third kappa shape index (κ3) is 5.14. The molecule has 0 saturated carbocycles. The molecule has 38 heavy (non-hydrogen) atoms. The summed E-state index contributed by atoms with van der Waals surface area (Å²) in [6.45, 7) is 3.80. The molecule has 1 N–H and O–H groups in total. The van der Waals surface area contributed by atoms with Gasteiger partial charge in [-0.25, -0.2) is 13.8 Å². The SMILES string of the molecule is CC(C)[C@]1(F)CCc2nc3c(F)cc(C(=O)NCCC(=O)c4ccc(-c5ccnnc5)nc4)cc3cc2C1. The van der Waals surface area contributed by atoms with Crippen LogP contribution in [0.25, 0.3) is 22.2 Å². The number of carbonyl (C=O) groups is 2. The number of alkyl halides is 1. The molecular formula is C29H27F2N5O2. The van der Waals surface area contributed by atoms with Crippen molar-refractivity contribution in [1.82, 2.24) is 25.5 Å². The third-order valence-electron chi connectivity index (χ3n) is 7.20. The Hall–Kier alpha value is -4.14. The maximum absolute atomic E-state index is 15.3. The van der Waals surface area contributed by atoms with Crippen LogP contribution in [0.2, 0.25) is 0 Å². The Morgan fingerprint density at radius 1 is 1.08 bits per heavy atom. The van der Waals surface area contributed by atoms with Crippen molar-refractivity contribution in [3.8, 4) is 11.3 Å². The molecule has 194 valence electrons. The molecule has 0 radical (unpaired) electrons. The fourth-order valence-corrected chi connectivity index (χ4v) is 4.76. The number of fused-ring (bicyclic) bond motifs is 2. The second-order valence-electron chi connectivity index (χ2n) is 9.98. The van der Waals surface area contributed by atoms with E-state index in [9.17, 15) is 14.0 Å². The van der Waals surface area contributed by atoms with Crippen LogP contribution in [-0.2, 0) is 12.8 Å². The Morgan fingerprint density at radius 3 is 2.63 bits per heavy atom. The van der Waals surface area contributed by atoms with E-state index in [2.05, 4.69) is 25.5 Å². The van der Waals surface area contributed by atoms with Crippen molar-refractivity contribution < 1.29 is 18.4 Å². The van der Waals surface area contributed by atoms with Gasteiger partial charge in [-0.1, -0.05) is 13.8 Å². The van der Waals surface area contributed by atoms with Gasteiger partial charge in [0.1, 0.15) is 17.0 Å². The first-order valence-electron chi connectivity index (χ1n) is 12.6. The number of pyridine rings is 2. The summed E-state index contributed by atoms with van der Waals surface area (Å²) in [6.07, 6.45) is 5.72. The number of amides is 1. The van der Waals surface area contributed by atoms with E-state index in [0.717, 1.165) is 17.2 Å². The molecule has 0 bridgehead atoms. The molecule has 1 aliphatic carbocycles. The molecule has 1 atom stereocenters. The highest BCUT2D eigenvalue weighted by Crippen LogP contribution is 2.38. The van der Waals surface area contributed by atoms with E-state index in [-0.39, 0.29) is 42.2 Å². The standard InChI is InChI=1S/C29H27F2N5O2/c1-17(2)29(31)8-5-25-22(14-29)12-20-11-21(13-23(30)27(20)36-25)28(38)32-9-7-26(37)19-3-4-24(33-15-19)18-6-10-34-35-16-18/h3-4,6,10-13,15-17H,5,7-9,14H2,1-2H3,(H,32,38)/t29-/m0/s1. The maximum Gasteiger partial charge on any atom is 0.251 e. The number of ketones is 1. The molecule has 1 aliphatic rings. The lowest BCUT2D eigenvalue weighted by Gasteiger charge is -2.34. The van der Waals surface area contributed by atoms with E-state index in [1.54, 1.807) is 42.7 Å². The van der Waals surface area contributed by atoms with E-state index in [1.165, 1.54) is 6.20 Å². The summed E-state index contributed by atoms with van der Waals surface area (Å²) in [5.41, 5.74) is 2.30. The topological polar surface area (TPSA) is 97.7 Å². The zero-order valence-corrected chi connectivity index (χ0v) is 21.2. The number of hydrogen-bond acceptors (Lipinski definition) is 6. The Bertz CT molecular complexity index is 1510. The minimum Gasteiger partial charge on any atom is -0.352 e. The van der Waals surface area contributed by atoms with E-state index >= 15 is 4.39 Å². The molecule has 1 aromatic carbocycles. The van der Waals surface area contributed by atoms with Gasteiger partial charge in [0.25, 0.3) is 5.91 Å². The molecule has 4 aromatic rings. The zero-order chi connectivity index (χ0) is 26.9. The minimum atomic E-state index is -1.32. The average molecular weight is 516 g/mol. The van der Waals surface area contributed by atoms with E-state index in [0.29, 0.717) is 35.2 Å². The number of hydrogen-bond donors (Lipinski definition) is 1. The van der Waals surface area contributed by atoms with Crippen molar-refractivity contribution in [1.29, 1.82) is 0 Å². The van der Waals surface area contributed by atoms with E-state index < -0.39 is 17.4 Å². The van der Waals surface area contributed by atoms with Crippen molar-refractivity contribution >= 4 is 22.6 Å². The lowest BCUT2D eigenvalue weighted by Crippen LogP contribution is -2.36. The van der Waals surface area contributed by atoms with Gasteiger partial charge in [-0.3, -0.25) is 14.6 Å². The van der Waals surface area contributed by atoms with Gasteiger partial charge in [0.15, 0.2) is 5.78 Å². The van der Waals surface area contributed by atoms with Crippen LogP contribution < -0.4 is 5.32 Å². The molecule has 0 spiro atoms. The van der Waals surface area contributed by atoms with Crippen LogP contribution in [0.15, 0.2) is 55.0 Å². The Morgan fingerprint density at radius 2 is 1.92 bits per heavy atom. The quantitative estimate of drug-likeness (QED) is 0.345. The van der Waals surface area contributed by atoms with Crippen LogP contribution in [0.4, 0.5) is 8.78 Å². The summed E-state index contributed by atoms with van der Waals surface area (Å²) in [4.78, 5) is 34.1. The summed E-state index contributed by atoms with van der Waals surface area (Å²) in [5, 5.41) is 10.7. The van der Waals surface area contributed by atoms with Crippen molar-refractivity contribution in [2.24, 2.45) is 5.92 Å². The Kier molecular flexibility index (Phi) is 6.93. The number of halogens is 2. The molecule has 3 aromatic heterocycles. The number of rotatable bonds is 7. The molecule has 7 nitrogen and oxygen atoms in total. The van der Waals surface area contributed by atoms with E-state index in [1.807, 2.05) is 13.8 Å². The number of aromatic nitrogens is 4. The smallest absolute Gasteiger partial charge is 0.251 e. The van der Waals surface area contributed by atoms with Gasteiger partial charge in [-0.15, -0.1) is 0 Å². The largest absolute Gasteiger partial charge is 0.352 e. The summed E-state index contributed by atoms with van der Waals surface area (Å²) in [5.74, 6) is -1.44. The van der Waals surface area contributed by atoms with Gasteiger partial charge in [0.2, 0.25) is 0 Å². The van der Waals surface area contributed by atoms with Crippen molar-refractivity contribution in [2.75, 3.05) is 6.54 Å². The highest BCUT2D eigenvalue weighted by Gasteiger charge is 2.38. The van der Waals surface area contributed by atoms with Gasteiger partial charge >= 0.3 is 0 Å². The van der Waals surface area contributed by atoms with Gasteiger partial charge in [0, 0.05) is 53.4 Å². The first kappa shape index (κ1) is 25.5. The highest BCUT2D eigenvalue weighted by molar-refractivity contribution is 5.99. The molecule has 0 unspecified atom stereocenters. The van der Waals surface area contributed by atoms with Crippen LogP contribution in [0.1, 0.15) is 58.7 Å². The number of carbonyl (C=O) groups excluding carboxylic acids is 2. The average Bonchev–Trinajstić information content (AvgIpc) is 2.92. The number of aryl methyl sites for hydroxylation is 1. The number of nitrogens with zero attached hydrogens (tertiary/aromatic N) is 4. The zero-order valence-electron chi connectivity index (χ0n) is 21.2. The minimum absolute atomic E-state index is 0.0580. The summed E-state index contributed by atoms with van der Waals surface area (Å²) >= 11 is 0. The fraction of sp³-hybridized carbons (Fsp3) is 0.310. The van der Waals surface area contributed by atoms with Gasteiger partial charge in [0.05, 0.1) is 18.1 Å². The van der Waals surface area contributed by atoms with Crippen LogP contribution in [0.3, 0.4) is 0 Å². The Labute approximate surface area is 218 Å². The monoisotopic (exact) mass is 515 g/mol. The van der Waals surface area contributed by atoms with Crippen LogP contribution in [0.5, 0.6) is 0 Å². The number of benzene rings is 1. The highest BCUT2D eigenvalue weighted by atomic mass is 19.1. The van der Waals surface area contributed by atoms with Gasteiger partial charge in [-0.2, -0.15) is 10.2 Å². The molecule has 0 aliphatic heterocycles. The molecule has 9 heteroatoms. The normalized spacial score (nSPS) is 16.9. The lowest BCUT2D eigenvalue weighted by atomic mass is 9.77. The van der Waals surface area contributed by atoms with Crippen molar-refractivity contribution in [2.45, 2.75) is 45.2 Å². The second kappa shape index (κ2) is 10.3. The van der Waals surface area contributed by atoms with Crippen LogP contribution >= 0.6 is 0 Å². The molecule has 1 amide bonds.